The van der Waals surface area contributed by atoms with E-state index in [2.05, 4.69) is 43.2 Å². The molecule has 7 heteroatoms. The van der Waals surface area contributed by atoms with Gasteiger partial charge in [-0.25, -0.2) is 9.78 Å². The van der Waals surface area contributed by atoms with E-state index >= 15 is 0 Å². The van der Waals surface area contributed by atoms with Gasteiger partial charge >= 0.3 is 5.69 Å². The lowest BCUT2D eigenvalue weighted by atomic mass is 9.84. The molecule has 1 aliphatic carbocycles. The average molecular weight is 402 g/mol. The van der Waals surface area contributed by atoms with E-state index < -0.39 is 0 Å². The standard InChI is InChI=1S/C22H35N5O2/c1-7-26(8-2)17-11-9-10-16(14-17)19-23-20-18(27(19)13-12-15(3)4)21(28)25(6)22(29)24(20)5/h12,16-17H,7-11,13-14H2,1-6H3. The molecular formula is C22H35N5O2. The summed E-state index contributed by atoms with van der Waals surface area (Å²) >= 11 is 0. The van der Waals surface area contributed by atoms with E-state index in [-0.39, 0.29) is 11.2 Å². The maximum absolute atomic E-state index is 13.0. The first-order valence-electron chi connectivity index (χ1n) is 10.8. The number of rotatable bonds is 6. The minimum Gasteiger partial charge on any atom is -0.318 e. The van der Waals surface area contributed by atoms with Gasteiger partial charge in [-0.1, -0.05) is 31.9 Å². The predicted octanol–water partition coefficient (Wildman–Crippen LogP) is 2.77. The SMILES string of the molecule is CCN(CC)C1CCCC(c2nc3c(c(=O)n(C)c(=O)n3C)n2CC=C(C)C)C1. The molecule has 0 aromatic carbocycles. The molecule has 1 saturated carbocycles. The van der Waals surface area contributed by atoms with Crippen LogP contribution in [0.5, 0.6) is 0 Å². The highest BCUT2D eigenvalue weighted by atomic mass is 16.2. The second kappa shape index (κ2) is 8.69. The number of imidazole rings is 1. The quantitative estimate of drug-likeness (QED) is 0.698. The van der Waals surface area contributed by atoms with E-state index in [1.165, 1.54) is 21.1 Å². The fraction of sp³-hybridized carbons (Fsp3) is 0.682. The second-order valence-corrected chi connectivity index (χ2v) is 8.48. The van der Waals surface area contributed by atoms with Crippen molar-refractivity contribution in [3.05, 3.63) is 38.3 Å². The van der Waals surface area contributed by atoms with E-state index in [4.69, 9.17) is 4.98 Å². The molecule has 2 aromatic heterocycles. The maximum Gasteiger partial charge on any atom is 0.332 e. The molecule has 1 fully saturated rings. The van der Waals surface area contributed by atoms with Gasteiger partial charge in [0.25, 0.3) is 5.56 Å². The van der Waals surface area contributed by atoms with Crippen LogP contribution in [0.2, 0.25) is 0 Å². The molecule has 29 heavy (non-hydrogen) atoms. The zero-order valence-electron chi connectivity index (χ0n) is 18.7. The van der Waals surface area contributed by atoms with Gasteiger partial charge in [0.15, 0.2) is 11.2 Å². The zero-order chi connectivity index (χ0) is 21.3. The van der Waals surface area contributed by atoms with Crippen molar-refractivity contribution >= 4 is 11.2 Å². The van der Waals surface area contributed by atoms with Crippen LogP contribution >= 0.6 is 0 Å². The lowest BCUT2D eigenvalue weighted by Gasteiger charge is -2.36. The van der Waals surface area contributed by atoms with Gasteiger partial charge in [0.1, 0.15) is 5.82 Å². The summed E-state index contributed by atoms with van der Waals surface area (Å²) in [5.74, 6) is 1.25. The highest BCUT2D eigenvalue weighted by Gasteiger charge is 2.31. The Kier molecular flexibility index (Phi) is 6.46. The Bertz CT molecular complexity index is 1020. The van der Waals surface area contributed by atoms with Crippen LogP contribution < -0.4 is 11.2 Å². The van der Waals surface area contributed by atoms with Crippen molar-refractivity contribution in [2.45, 2.75) is 71.9 Å². The first kappa shape index (κ1) is 21.6. The average Bonchev–Trinajstić information content (AvgIpc) is 3.10. The largest absolute Gasteiger partial charge is 0.332 e. The van der Waals surface area contributed by atoms with Crippen molar-refractivity contribution in [1.82, 2.24) is 23.6 Å². The number of aryl methyl sites for hydroxylation is 1. The molecule has 1 aliphatic rings. The van der Waals surface area contributed by atoms with E-state index in [0.717, 1.165) is 38.2 Å². The molecule has 160 valence electrons. The van der Waals surface area contributed by atoms with Crippen molar-refractivity contribution in [3.63, 3.8) is 0 Å². The topological polar surface area (TPSA) is 65.1 Å². The summed E-state index contributed by atoms with van der Waals surface area (Å²) in [6.45, 7) is 11.3. The molecule has 0 radical (unpaired) electrons. The van der Waals surface area contributed by atoms with Crippen molar-refractivity contribution < 1.29 is 0 Å². The Labute approximate surface area is 172 Å². The van der Waals surface area contributed by atoms with Gasteiger partial charge in [0, 0.05) is 32.6 Å². The lowest BCUT2D eigenvalue weighted by molar-refractivity contribution is 0.158. The number of hydrogen-bond acceptors (Lipinski definition) is 4. The molecule has 2 unspecified atom stereocenters. The number of hydrogen-bond donors (Lipinski definition) is 0. The number of aromatic nitrogens is 4. The Morgan fingerprint density at radius 3 is 2.45 bits per heavy atom. The van der Waals surface area contributed by atoms with Crippen LogP contribution in [-0.4, -0.2) is 42.7 Å². The van der Waals surface area contributed by atoms with E-state index in [1.54, 1.807) is 14.1 Å². The van der Waals surface area contributed by atoms with Crippen LogP contribution in [0.4, 0.5) is 0 Å². The minimum atomic E-state index is -0.328. The summed E-state index contributed by atoms with van der Waals surface area (Å²) < 4.78 is 4.75. The van der Waals surface area contributed by atoms with Gasteiger partial charge < -0.3 is 9.47 Å². The third kappa shape index (κ3) is 3.97. The first-order chi connectivity index (χ1) is 13.8. The van der Waals surface area contributed by atoms with Gasteiger partial charge in [-0.05, 0) is 46.2 Å². The van der Waals surface area contributed by atoms with Crippen LogP contribution in [0.25, 0.3) is 11.2 Å². The number of nitrogens with zero attached hydrogens (tertiary/aromatic N) is 5. The summed E-state index contributed by atoms with van der Waals surface area (Å²) in [5, 5.41) is 0. The van der Waals surface area contributed by atoms with Crippen molar-refractivity contribution in [2.75, 3.05) is 13.1 Å². The van der Waals surface area contributed by atoms with E-state index in [9.17, 15) is 9.59 Å². The Morgan fingerprint density at radius 2 is 1.83 bits per heavy atom. The highest BCUT2D eigenvalue weighted by molar-refractivity contribution is 5.71. The molecule has 0 bridgehead atoms. The summed E-state index contributed by atoms with van der Waals surface area (Å²) in [6.07, 6.45) is 6.62. The van der Waals surface area contributed by atoms with Crippen LogP contribution in [0.15, 0.2) is 21.2 Å². The Hall–Kier alpha value is -2.15. The molecular weight excluding hydrogens is 366 g/mol. The minimum absolute atomic E-state index is 0.264. The third-order valence-corrected chi connectivity index (χ3v) is 6.40. The molecule has 0 spiro atoms. The van der Waals surface area contributed by atoms with Crippen LogP contribution in [-0.2, 0) is 20.6 Å². The molecule has 0 N–H and O–H groups in total. The third-order valence-electron chi connectivity index (χ3n) is 6.40. The lowest BCUT2D eigenvalue weighted by Crippen LogP contribution is -2.38. The van der Waals surface area contributed by atoms with E-state index in [0.29, 0.717) is 29.7 Å². The van der Waals surface area contributed by atoms with Gasteiger partial charge in [-0.15, -0.1) is 0 Å². The monoisotopic (exact) mass is 401 g/mol. The van der Waals surface area contributed by atoms with Crippen molar-refractivity contribution in [1.29, 1.82) is 0 Å². The Balaban J connectivity index is 2.16. The molecule has 0 aliphatic heterocycles. The first-order valence-corrected chi connectivity index (χ1v) is 10.8. The fourth-order valence-electron chi connectivity index (χ4n) is 4.70. The van der Waals surface area contributed by atoms with Crippen LogP contribution in [0.3, 0.4) is 0 Å². The van der Waals surface area contributed by atoms with Gasteiger partial charge in [0.05, 0.1) is 0 Å². The molecule has 3 rings (SSSR count). The van der Waals surface area contributed by atoms with Crippen molar-refractivity contribution in [2.24, 2.45) is 14.1 Å². The molecule has 2 aromatic rings. The van der Waals surface area contributed by atoms with Gasteiger partial charge in [0.2, 0.25) is 0 Å². The number of allylic oxidation sites excluding steroid dienone is 2. The smallest absolute Gasteiger partial charge is 0.318 e. The van der Waals surface area contributed by atoms with E-state index in [1.807, 2.05) is 0 Å². The summed E-state index contributed by atoms with van der Waals surface area (Å²) in [5.41, 5.74) is 1.64. The molecule has 7 nitrogen and oxygen atoms in total. The molecule has 2 heterocycles. The molecule has 0 amide bonds. The fourth-order valence-corrected chi connectivity index (χ4v) is 4.70. The highest BCUT2D eigenvalue weighted by Crippen LogP contribution is 2.35. The molecule has 2 atom stereocenters. The Morgan fingerprint density at radius 1 is 1.14 bits per heavy atom. The molecule has 0 saturated heterocycles. The zero-order valence-corrected chi connectivity index (χ0v) is 18.7. The summed E-state index contributed by atoms with van der Waals surface area (Å²) in [6, 6.07) is 0.548. The summed E-state index contributed by atoms with van der Waals surface area (Å²) in [7, 11) is 3.24. The van der Waals surface area contributed by atoms with Gasteiger partial charge in [-0.3, -0.25) is 13.9 Å². The van der Waals surface area contributed by atoms with Crippen molar-refractivity contribution in [3.8, 4) is 0 Å². The van der Waals surface area contributed by atoms with Gasteiger partial charge in [-0.2, -0.15) is 0 Å². The normalized spacial score (nSPS) is 19.8. The maximum atomic E-state index is 13.0. The predicted molar refractivity (Wildman–Crippen MR) is 118 cm³/mol. The van der Waals surface area contributed by atoms with Crippen LogP contribution in [0, 0.1) is 0 Å². The summed E-state index contributed by atoms with van der Waals surface area (Å²) in [4.78, 5) is 32.9. The second-order valence-electron chi connectivity index (χ2n) is 8.48. The number of fused-ring (bicyclic) bond motifs is 1. The van der Waals surface area contributed by atoms with Crippen LogP contribution in [0.1, 0.15) is 65.1 Å².